The molecular weight excluding hydrogens is 244 g/mol. The van der Waals surface area contributed by atoms with Crippen molar-refractivity contribution < 1.29 is 14.7 Å². The van der Waals surface area contributed by atoms with Crippen LogP contribution in [0.15, 0.2) is 0 Å². The Hall–Kier alpha value is -1.10. The van der Waals surface area contributed by atoms with Gasteiger partial charge in [-0.05, 0) is 19.8 Å². The quantitative estimate of drug-likeness (QED) is 0.781. The summed E-state index contributed by atoms with van der Waals surface area (Å²) in [7, 11) is 0. The molecule has 3 unspecified atom stereocenters. The van der Waals surface area contributed by atoms with Crippen molar-refractivity contribution in [3.8, 4) is 0 Å². The number of amides is 2. The summed E-state index contributed by atoms with van der Waals surface area (Å²) in [5, 5.41) is 12.4. The number of hydrogen-bond donors (Lipinski definition) is 2. The average molecular weight is 268 g/mol. The molecule has 1 saturated heterocycles. The maximum Gasteiger partial charge on any atom is 0.225 e. The van der Waals surface area contributed by atoms with Gasteiger partial charge < -0.3 is 15.3 Å². The molecule has 108 valence electrons. The first-order valence-corrected chi connectivity index (χ1v) is 7.34. The van der Waals surface area contributed by atoms with Crippen LogP contribution in [0.3, 0.4) is 0 Å². The standard InChI is InChI=1S/C14H24N2O3/c1-2-16-8-11(7-13(16)18)14(19)15-12-6-4-3-5-10(12)9-17/h10-12,17H,2-9H2,1H3,(H,15,19). The fourth-order valence-electron chi connectivity index (χ4n) is 3.17. The molecule has 0 bridgehead atoms. The predicted octanol–water partition coefficient (Wildman–Crippen LogP) is 0.522. The molecule has 0 aromatic heterocycles. The van der Waals surface area contributed by atoms with Crippen molar-refractivity contribution in [1.82, 2.24) is 10.2 Å². The number of carbonyl (C=O) groups excluding carboxylic acids is 2. The summed E-state index contributed by atoms with van der Waals surface area (Å²) in [5.74, 6) is 0.0189. The third kappa shape index (κ3) is 3.26. The summed E-state index contributed by atoms with van der Waals surface area (Å²) >= 11 is 0. The number of likely N-dealkylation sites (tertiary alicyclic amines) is 1. The molecule has 5 heteroatoms. The van der Waals surface area contributed by atoms with Crippen LogP contribution in [0, 0.1) is 11.8 Å². The van der Waals surface area contributed by atoms with E-state index in [2.05, 4.69) is 5.32 Å². The summed E-state index contributed by atoms with van der Waals surface area (Å²) in [6, 6.07) is 0.0806. The second kappa shape index (κ2) is 6.37. The zero-order valence-corrected chi connectivity index (χ0v) is 11.6. The van der Waals surface area contributed by atoms with Crippen LogP contribution < -0.4 is 5.32 Å². The lowest BCUT2D eigenvalue weighted by Crippen LogP contribution is -2.46. The van der Waals surface area contributed by atoms with Crippen molar-refractivity contribution in [2.75, 3.05) is 19.7 Å². The summed E-state index contributed by atoms with van der Waals surface area (Å²) in [5.41, 5.74) is 0. The first kappa shape index (κ1) is 14.3. The Balaban J connectivity index is 1.88. The van der Waals surface area contributed by atoms with Gasteiger partial charge in [0, 0.05) is 38.1 Å². The molecule has 0 radical (unpaired) electrons. The highest BCUT2D eigenvalue weighted by molar-refractivity contribution is 5.89. The SMILES string of the molecule is CCN1CC(C(=O)NC2CCCCC2CO)CC1=O. The van der Waals surface area contributed by atoms with Crippen LogP contribution in [0.1, 0.15) is 39.0 Å². The third-order valence-corrected chi connectivity index (χ3v) is 4.44. The van der Waals surface area contributed by atoms with Crippen LogP contribution >= 0.6 is 0 Å². The lowest BCUT2D eigenvalue weighted by atomic mass is 9.84. The molecule has 1 aliphatic carbocycles. The van der Waals surface area contributed by atoms with E-state index in [-0.39, 0.29) is 36.3 Å². The summed E-state index contributed by atoms with van der Waals surface area (Å²) in [4.78, 5) is 25.6. The second-order valence-corrected chi connectivity index (χ2v) is 5.68. The fraction of sp³-hybridized carbons (Fsp3) is 0.857. The van der Waals surface area contributed by atoms with Gasteiger partial charge >= 0.3 is 0 Å². The third-order valence-electron chi connectivity index (χ3n) is 4.44. The van der Waals surface area contributed by atoms with Crippen molar-refractivity contribution in [3.63, 3.8) is 0 Å². The minimum atomic E-state index is -0.214. The van der Waals surface area contributed by atoms with E-state index in [1.807, 2.05) is 6.92 Å². The molecule has 1 heterocycles. The molecule has 2 N–H and O–H groups in total. The van der Waals surface area contributed by atoms with Gasteiger partial charge in [0.05, 0.1) is 5.92 Å². The van der Waals surface area contributed by atoms with E-state index < -0.39 is 0 Å². The number of aliphatic hydroxyl groups excluding tert-OH is 1. The Morgan fingerprint density at radius 1 is 1.42 bits per heavy atom. The van der Waals surface area contributed by atoms with Crippen LogP contribution in [0.4, 0.5) is 0 Å². The normalized spacial score (nSPS) is 31.6. The number of aliphatic hydroxyl groups is 1. The maximum absolute atomic E-state index is 12.2. The average Bonchev–Trinajstić information content (AvgIpc) is 2.80. The Morgan fingerprint density at radius 3 is 2.79 bits per heavy atom. The maximum atomic E-state index is 12.2. The number of rotatable bonds is 4. The van der Waals surface area contributed by atoms with E-state index in [0.29, 0.717) is 19.5 Å². The lowest BCUT2D eigenvalue weighted by Gasteiger charge is -2.31. The van der Waals surface area contributed by atoms with Gasteiger partial charge in [0.25, 0.3) is 0 Å². The molecule has 0 spiro atoms. The highest BCUT2D eigenvalue weighted by Crippen LogP contribution is 2.25. The molecule has 2 aliphatic rings. The van der Waals surface area contributed by atoms with Gasteiger partial charge in [-0.15, -0.1) is 0 Å². The Bertz CT molecular complexity index is 346. The molecule has 2 amide bonds. The molecular formula is C14H24N2O3. The molecule has 0 aromatic rings. The number of nitrogens with zero attached hydrogens (tertiary/aromatic N) is 1. The molecule has 5 nitrogen and oxygen atoms in total. The summed E-state index contributed by atoms with van der Waals surface area (Å²) in [6.45, 7) is 3.28. The zero-order chi connectivity index (χ0) is 13.8. The molecule has 3 atom stereocenters. The first-order valence-electron chi connectivity index (χ1n) is 7.34. The van der Waals surface area contributed by atoms with Crippen molar-refractivity contribution in [1.29, 1.82) is 0 Å². The molecule has 0 aromatic carbocycles. The number of carbonyl (C=O) groups is 2. The molecule has 19 heavy (non-hydrogen) atoms. The zero-order valence-electron chi connectivity index (χ0n) is 11.6. The van der Waals surface area contributed by atoms with Gasteiger partial charge in [-0.25, -0.2) is 0 Å². The van der Waals surface area contributed by atoms with Crippen LogP contribution in [0.25, 0.3) is 0 Å². The van der Waals surface area contributed by atoms with E-state index in [0.717, 1.165) is 25.7 Å². The second-order valence-electron chi connectivity index (χ2n) is 5.68. The minimum Gasteiger partial charge on any atom is -0.396 e. The van der Waals surface area contributed by atoms with Crippen LogP contribution in [-0.4, -0.2) is 47.6 Å². The molecule has 2 fully saturated rings. The topological polar surface area (TPSA) is 69.6 Å². The van der Waals surface area contributed by atoms with Crippen LogP contribution in [0.2, 0.25) is 0 Å². The van der Waals surface area contributed by atoms with Gasteiger partial charge in [-0.2, -0.15) is 0 Å². The van der Waals surface area contributed by atoms with Gasteiger partial charge in [0.2, 0.25) is 11.8 Å². The molecule has 1 aliphatic heterocycles. The van der Waals surface area contributed by atoms with Gasteiger partial charge in [0.15, 0.2) is 0 Å². The summed E-state index contributed by atoms with van der Waals surface area (Å²) in [6.07, 6.45) is 4.48. The lowest BCUT2D eigenvalue weighted by molar-refractivity contribution is -0.129. The van der Waals surface area contributed by atoms with Gasteiger partial charge in [-0.1, -0.05) is 12.8 Å². The van der Waals surface area contributed by atoms with E-state index in [4.69, 9.17) is 0 Å². The Morgan fingerprint density at radius 2 is 2.16 bits per heavy atom. The first-order chi connectivity index (χ1) is 9.15. The highest BCUT2D eigenvalue weighted by atomic mass is 16.3. The van der Waals surface area contributed by atoms with E-state index in [1.54, 1.807) is 4.90 Å². The van der Waals surface area contributed by atoms with E-state index in [9.17, 15) is 14.7 Å². The van der Waals surface area contributed by atoms with E-state index >= 15 is 0 Å². The fourth-order valence-corrected chi connectivity index (χ4v) is 3.17. The van der Waals surface area contributed by atoms with Gasteiger partial charge in [-0.3, -0.25) is 9.59 Å². The molecule has 1 saturated carbocycles. The van der Waals surface area contributed by atoms with Crippen LogP contribution in [0.5, 0.6) is 0 Å². The van der Waals surface area contributed by atoms with Crippen LogP contribution in [-0.2, 0) is 9.59 Å². The summed E-state index contributed by atoms with van der Waals surface area (Å²) < 4.78 is 0. The van der Waals surface area contributed by atoms with Crippen molar-refractivity contribution in [3.05, 3.63) is 0 Å². The van der Waals surface area contributed by atoms with E-state index in [1.165, 1.54) is 0 Å². The largest absolute Gasteiger partial charge is 0.396 e. The monoisotopic (exact) mass is 268 g/mol. The van der Waals surface area contributed by atoms with Crippen molar-refractivity contribution in [2.24, 2.45) is 11.8 Å². The predicted molar refractivity (Wildman–Crippen MR) is 71.3 cm³/mol. The van der Waals surface area contributed by atoms with Crippen molar-refractivity contribution in [2.45, 2.75) is 45.1 Å². The Labute approximate surface area is 114 Å². The number of hydrogen-bond acceptors (Lipinski definition) is 3. The smallest absolute Gasteiger partial charge is 0.225 e. The highest BCUT2D eigenvalue weighted by Gasteiger charge is 2.35. The Kier molecular flexibility index (Phi) is 4.80. The van der Waals surface area contributed by atoms with Gasteiger partial charge in [0.1, 0.15) is 0 Å². The van der Waals surface area contributed by atoms with Crippen molar-refractivity contribution >= 4 is 11.8 Å². The number of nitrogens with one attached hydrogen (secondary N) is 1. The minimum absolute atomic E-state index is 0.0188. The molecule has 2 rings (SSSR count).